The minimum atomic E-state index is 0. The zero-order chi connectivity index (χ0) is 21.3. The number of ether oxygens (including phenoxy) is 2. The molecule has 1 amide bonds. The Bertz CT molecular complexity index is 919. The molecule has 3 fully saturated rings. The highest BCUT2D eigenvalue weighted by Crippen LogP contribution is 2.43. The van der Waals surface area contributed by atoms with Crippen molar-refractivity contribution < 1.29 is 14.3 Å². The number of fused-ring (bicyclic) bond motifs is 1. The Morgan fingerprint density at radius 2 is 1.91 bits per heavy atom. The van der Waals surface area contributed by atoms with Crippen molar-refractivity contribution in [2.45, 2.75) is 62.6 Å². The van der Waals surface area contributed by atoms with E-state index >= 15 is 0 Å². The number of hydrogen-bond donors (Lipinski definition) is 0. The molecule has 1 aliphatic carbocycles. The van der Waals surface area contributed by atoms with Crippen molar-refractivity contribution in [3.63, 3.8) is 0 Å². The van der Waals surface area contributed by atoms with Gasteiger partial charge in [0.25, 0.3) is 5.91 Å². The molecular formula is C26H35ClN2O3. The molecule has 2 aromatic carbocycles. The van der Waals surface area contributed by atoms with Crippen molar-refractivity contribution in [3.8, 4) is 5.75 Å². The van der Waals surface area contributed by atoms with E-state index in [1.807, 2.05) is 42.3 Å². The molecule has 0 radical (unpaired) electrons. The molecular weight excluding hydrogens is 424 g/mol. The number of halogens is 1. The molecule has 3 aliphatic rings. The average molecular weight is 459 g/mol. The van der Waals surface area contributed by atoms with Gasteiger partial charge in [0.1, 0.15) is 5.75 Å². The zero-order valence-electron chi connectivity index (χ0n) is 19.0. The topological polar surface area (TPSA) is 42.0 Å². The Labute approximate surface area is 197 Å². The van der Waals surface area contributed by atoms with Crippen LogP contribution in [0.15, 0.2) is 42.5 Å². The van der Waals surface area contributed by atoms with Crippen LogP contribution in [0.5, 0.6) is 5.75 Å². The second kappa shape index (κ2) is 9.98. The molecule has 2 aliphatic heterocycles. The number of carbonyl (C=O) groups is 1. The van der Waals surface area contributed by atoms with E-state index in [1.165, 1.54) is 25.7 Å². The van der Waals surface area contributed by atoms with Crippen LogP contribution in [-0.4, -0.2) is 66.7 Å². The van der Waals surface area contributed by atoms with E-state index in [4.69, 9.17) is 9.47 Å². The van der Waals surface area contributed by atoms with Crippen LogP contribution in [0.2, 0.25) is 0 Å². The van der Waals surface area contributed by atoms with Crippen LogP contribution >= 0.6 is 12.4 Å². The van der Waals surface area contributed by atoms with Gasteiger partial charge in [-0.25, -0.2) is 0 Å². The number of hydrogen-bond acceptors (Lipinski definition) is 4. The highest BCUT2D eigenvalue weighted by Gasteiger charge is 2.47. The SMILES string of the molecule is CN(C(=O)COc1cccc2ccccc12)C1CCC2(CCCO2)CC1N1CCCC1.Cl. The van der Waals surface area contributed by atoms with E-state index in [2.05, 4.69) is 17.0 Å². The first-order valence-corrected chi connectivity index (χ1v) is 11.9. The molecule has 32 heavy (non-hydrogen) atoms. The Kier molecular flexibility index (Phi) is 7.28. The molecule has 0 aromatic heterocycles. The number of likely N-dealkylation sites (N-methyl/N-ethyl adjacent to an activating group) is 1. The summed E-state index contributed by atoms with van der Waals surface area (Å²) in [6.07, 6.45) is 8.00. The Hall–Kier alpha value is -1.82. The number of benzene rings is 2. The molecule has 2 saturated heterocycles. The van der Waals surface area contributed by atoms with Crippen LogP contribution in [0.1, 0.15) is 44.9 Å². The lowest BCUT2D eigenvalue weighted by molar-refractivity contribution is -0.139. The summed E-state index contributed by atoms with van der Waals surface area (Å²) in [6, 6.07) is 14.8. The van der Waals surface area contributed by atoms with Crippen molar-refractivity contribution in [2.75, 3.05) is 33.4 Å². The van der Waals surface area contributed by atoms with Gasteiger partial charge in [-0.3, -0.25) is 9.69 Å². The second-order valence-corrected chi connectivity index (χ2v) is 9.53. The second-order valence-electron chi connectivity index (χ2n) is 9.53. The monoisotopic (exact) mass is 458 g/mol. The summed E-state index contributed by atoms with van der Waals surface area (Å²) in [5.41, 5.74) is 0.0487. The summed E-state index contributed by atoms with van der Waals surface area (Å²) in [4.78, 5) is 17.8. The lowest BCUT2D eigenvalue weighted by atomic mass is 9.76. The van der Waals surface area contributed by atoms with Crippen LogP contribution in [0, 0.1) is 0 Å². The van der Waals surface area contributed by atoms with Gasteiger partial charge in [-0.15, -0.1) is 12.4 Å². The van der Waals surface area contributed by atoms with Crippen molar-refractivity contribution in [1.82, 2.24) is 9.80 Å². The summed E-state index contributed by atoms with van der Waals surface area (Å²) >= 11 is 0. The third-order valence-electron chi connectivity index (χ3n) is 7.71. The summed E-state index contributed by atoms with van der Waals surface area (Å²) < 4.78 is 12.3. The zero-order valence-corrected chi connectivity index (χ0v) is 19.8. The number of rotatable bonds is 5. The lowest BCUT2D eigenvalue weighted by Gasteiger charge is -2.48. The first kappa shape index (κ1) is 23.3. The van der Waals surface area contributed by atoms with Gasteiger partial charge in [0.2, 0.25) is 0 Å². The van der Waals surface area contributed by atoms with Crippen molar-refractivity contribution in [1.29, 1.82) is 0 Å². The molecule has 6 heteroatoms. The van der Waals surface area contributed by atoms with Gasteiger partial charge < -0.3 is 14.4 Å². The molecule has 5 rings (SSSR count). The quantitative estimate of drug-likeness (QED) is 0.653. The molecule has 5 nitrogen and oxygen atoms in total. The highest BCUT2D eigenvalue weighted by atomic mass is 35.5. The fraction of sp³-hybridized carbons (Fsp3) is 0.577. The third kappa shape index (κ3) is 4.61. The summed E-state index contributed by atoms with van der Waals surface area (Å²) in [5.74, 6) is 0.836. The molecule has 1 spiro atoms. The molecule has 1 saturated carbocycles. The normalized spacial score (nSPS) is 28.0. The number of carbonyl (C=O) groups excluding carboxylic acids is 1. The lowest BCUT2D eigenvalue weighted by Crippen LogP contribution is -2.58. The summed E-state index contributed by atoms with van der Waals surface area (Å²) in [5, 5.41) is 2.18. The van der Waals surface area contributed by atoms with Gasteiger partial charge in [-0.2, -0.15) is 0 Å². The van der Waals surface area contributed by atoms with E-state index in [0.29, 0.717) is 6.04 Å². The van der Waals surface area contributed by atoms with E-state index in [1.54, 1.807) is 0 Å². The smallest absolute Gasteiger partial charge is 0.260 e. The molecule has 2 aromatic rings. The molecule has 0 N–H and O–H groups in total. The van der Waals surface area contributed by atoms with E-state index in [0.717, 1.165) is 55.5 Å². The highest BCUT2D eigenvalue weighted by molar-refractivity contribution is 5.88. The maximum atomic E-state index is 13.2. The first-order chi connectivity index (χ1) is 15.2. The van der Waals surface area contributed by atoms with Gasteiger partial charge in [0, 0.05) is 31.1 Å². The standard InChI is InChI=1S/C26H34N2O3.ClH/c1-27(25(29)19-30-24-11-6-9-20-8-2-3-10-21(20)24)22-12-14-26(13-7-17-31-26)18-23(22)28-15-4-5-16-28;/h2-3,6,8-11,22-23H,4-5,7,12-19H2,1H3;1H. The molecule has 3 atom stereocenters. The van der Waals surface area contributed by atoms with Gasteiger partial charge in [-0.1, -0.05) is 36.4 Å². The summed E-state index contributed by atoms with van der Waals surface area (Å²) in [7, 11) is 1.97. The van der Waals surface area contributed by atoms with Gasteiger partial charge >= 0.3 is 0 Å². The van der Waals surface area contributed by atoms with Crippen molar-refractivity contribution in [3.05, 3.63) is 42.5 Å². The van der Waals surface area contributed by atoms with Crippen molar-refractivity contribution >= 4 is 29.1 Å². The fourth-order valence-electron chi connectivity index (χ4n) is 5.98. The average Bonchev–Trinajstić information content (AvgIpc) is 3.50. The summed E-state index contributed by atoms with van der Waals surface area (Å²) in [6.45, 7) is 3.26. The fourth-order valence-corrected chi connectivity index (χ4v) is 5.98. The van der Waals surface area contributed by atoms with E-state index in [-0.39, 0.29) is 36.6 Å². The van der Waals surface area contributed by atoms with E-state index < -0.39 is 0 Å². The van der Waals surface area contributed by atoms with Crippen LogP contribution in [0.4, 0.5) is 0 Å². The van der Waals surface area contributed by atoms with Crippen LogP contribution in [0.25, 0.3) is 10.8 Å². The molecule has 3 unspecified atom stereocenters. The Balaban J connectivity index is 0.00000245. The number of amides is 1. The predicted octanol–water partition coefficient (Wildman–Crippen LogP) is 4.66. The number of nitrogens with zero attached hydrogens (tertiary/aromatic N) is 2. The van der Waals surface area contributed by atoms with Crippen molar-refractivity contribution in [2.24, 2.45) is 0 Å². The minimum Gasteiger partial charge on any atom is -0.483 e. The van der Waals surface area contributed by atoms with E-state index in [9.17, 15) is 4.79 Å². The largest absolute Gasteiger partial charge is 0.483 e. The molecule has 174 valence electrons. The minimum absolute atomic E-state index is 0. The van der Waals surface area contributed by atoms with Gasteiger partial charge in [0.05, 0.1) is 5.60 Å². The maximum absolute atomic E-state index is 13.2. The molecule has 0 bridgehead atoms. The first-order valence-electron chi connectivity index (χ1n) is 11.9. The predicted molar refractivity (Wildman–Crippen MR) is 130 cm³/mol. The van der Waals surface area contributed by atoms with Crippen LogP contribution in [0.3, 0.4) is 0 Å². The van der Waals surface area contributed by atoms with Gasteiger partial charge in [-0.05, 0) is 69.5 Å². The molecule has 2 heterocycles. The van der Waals surface area contributed by atoms with Gasteiger partial charge in [0.15, 0.2) is 6.61 Å². The Morgan fingerprint density at radius 3 is 2.69 bits per heavy atom. The van der Waals surface area contributed by atoms with Crippen LogP contribution < -0.4 is 4.74 Å². The third-order valence-corrected chi connectivity index (χ3v) is 7.71. The van der Waals surface area contributed by atoms with Crippen LogP contribution in [-0.2, 0) is 9.53 Å². The maximum Gasteiger partial charge on any atom is 0.260 e. The Morgan fingerprint density at radius 1 is 1.12 bits per heavy atom. The number of likely N-dealkylation sites (tertiary alicyclic amines) is 1.